The Labute approximate surface area is 121 Å². The summed E-state index contributed by atoms with van der Waals surface area (Å²) in [6.45, 7) is 6.28. The van der Waals surface area contributed by atoms with Crippen molar-refractivity contribution >= 4 is 5.78 Å². The van der Waals surface area contributed by atoms with Crippen LogP contribution in [0.1, 0.15) is 48.7 Å². The molecule has 0 radical (unpaired) electrons. The minimum absolute atomic E-state index is 0.207. The number of aryl methyl sites for hydroxylation is 2. The molecule has 0 aromatic heterocycles. The minimum atomic E-state index is 0.207. The number of carbonyl (C=O) groups excluding carboxylic acids is 1. The van der Waals surface area contributed by atoms with Crippen LogP contribution in [0.3, 0.4) is 0 Å². The van der Waals surface area contributed by atoms with E-state index in [4.69, 9.17) is 0 Å². The van der Waals surface area contributed by atoms with E-state index in [9.17, 15) is 4.79 Å². The zero-order valence-corrected chi connectivity index (χ0v) is 12.6. The van der Waals surface area contributed by atoms with Gasteiger partial charge in [0.05, 0.1) is 0 Å². The van der Waals surface area contributed by atoms with Gasteiger partial charge in [-0.15, -0.1) is 0 Å². The van der Waals surface area contributed by atoms with Crippen LogP contribution in [0.2, 0.25) is 0 Å². The second kappa shape index (κ2) is 6.51. The smallest absolute Gasteiger partial charge is 0.163 e. The Morgan fingerprint density at radius 2 is 1.60 bits per heavy atom. The van der Waals surface area contributed by atoms with Crippen LogP contribution in [0.4, 0.5) is 0 Å². The Hall–Kier alpha value is -1.89. The van der Waals surface area contributed by atoms with Gasteiger partial charge < -0.3 is 0 Å². The van der Waals surface area contributed by atoms with Crippen molar-refractivity contribution in [3.8, 4) is 11.1 Å². The van der Waals surface area contributed by atoms with Crippen LogP contribution >= 0.6 is 0 Å². The molecule has 2 aromatic rings. The number of ketones is 1. The van der Waals surface area contributed by atoms with Crippen molar-refractivity contribution in [3.05, 3.63) is 59.2 Å². The van der Waals surface area contributed by atoms with Crippen LogP contribution in [-0.4, -0.2) is 5.78 Å². The maximum Gasteiger partial charge on any atom is 0.163 e. The molecule has 20 heavy (non-hydrogen) atoms. The highest BCUT2D eigenvalue weighted by molar-refractivity contribution is 6.02. The van der Waals surface area contributed by atoms with E-state index in [2.05, 4.69) is 32.0 Å². The third-order valence-electron chi connectivity index (χ3n) is 3.83. The Morgan fingerprint density at radius 3 is 2.25 bits per heavy atom. The average Bonchev–Trinajstić information content (AvgIpc) is 2.53. The fourth-order valence-electron chi connectivity index (χ4n) is 2.64. The fourth-order valence-corrected chi connectivity index (χ4v) is 2.64. The van der Waals surface area contributed by atoms with E-state index < -0.39 is 0 Å². The summed E-state index contributed by atoms with van der Waals surface area (Å²) >= 11 is 0. The molecule has 1 nitrogen and oxygen atoms in total. The van der Waals surface area contributed by atoms with E-state index in [1.165, 1.54) is 11.1 Å². The lowest BCUT2D eigenvalue weighted by Crippen LogP contribution is -2.00. The van der Waals surface area contributed by atoms with Gasteiger partial charge in [-0.2, -0.15) is 0 Å². The molecule has 0 N–H and O–H groups in total. The van der Waals surface area contributed by atoms with E-state index in [0.29, 0.717) is 6.42 Å². The molecule has 0 bridgehead atoms. The highest BCUT2D eigenvalue weighted by atomic mass is 16.1. The SMILES string of the molecule is CCC(=O)c1ccccc1-c1ccc(CC)c(CC)c1. The molecule has 0 aliphatic heterocycles. The predicted octanol–water partition coefficient (Wildman–Crippen LogP) is 5.07. The summed E-state index contributed by atoms with van der Waals surface area (Å²) < 4.78 is 0. The van der Waals surface area contributed by atoms with Crippen molar-refractivity contribution in [1.29, 1.82) is 0 Å². The molecule has 0 fully saturated rings. The van der Waals surface area contributed by atoms with Gasteiger partial charge in [0.2, 0.25) is 0 Å². The number of benzene rings is 2. The van der Waals surface area contributed by atoms with Gasteiger partial charge in [-0.3, -0.25) is 4.79 Å². The van der Waals surface area contributed by atoms with Crippen LogP contribution in [0.25, 0.3) is 11.1 Å². The standard InChI is InChI=1S/C19H22O/c1-4-14-11-12-16(13-15(14)5-2)17-9-7-8-10-18(17)19(20)6-3/h7-13H,4-6H2,1-3H3. The zero-order chi connectivity index (χ0) is 14.5. The molecule has 0 saturated carbocycles. The van der Waals surface area contributed by atoms with Crippen LogP contribution < -0.4 is 0 Å². The highest BCUT2D eigenvalue weighted by Gasteiger charge is 2.11. The van der Waals surface area contributed by atoms with E-state index in [0.717, 1.165) is 29.5 Å². The topological polar surface area (TPSA) is 17.1 Å². The van der Waals surface area contributed by atoms with Gasteiger partial charge in [0, 0.05) is 12.0 Å². The number of hydrogen-bond acceptors (Lipinski definition) is 1. The van der Waals surface area contributed by atoms with Crippen LogP contribution in [0.5, 0.6) is 0 Å². The lowest BCUT2D eigenvalue weighted by atomic mass is 9.92. The molecule has 104 valence electrons. The first-order valence-corrected chi connectivity index (χ1v) is 7.45. The second-order valence-electron chi connectivity index (χ2n) is 5.01. The summed E-state index contributed by atoms with van der Waals surface area (Å²) in [7, 11) is 0. The number of Topliss-reactive ketones (excluding diaryl/α,β-unsaturated/α-hetero) is 1. The molecule has 0 heterocycles. The Balaban J connectivity index is 2.54. The normalized spacial score (nSPS) is 10.6. The van der Waals surface area contributed by atoms with Crippen LogP contribution in [0, 0.1) is 0 Å². The first-order valence-electron chi connectivity index (χ1n) is 7.45. The molecule has 0 aliphatic rings. The van der Waals surface area contributed by atoms with Crippen LogP contribution in [-0.2, 0) is 12.8 Å². The summed E-state index contributed by atoms with van der Waals surface area (Å²) in [6, 6.07) is 14.5. The van der Waals surface area contributed by atoms with Gasteiger partial charge in [0.1, 0.15) is 0 Å². The summed E-state index contributed by atoms with van der Waals surface area (Å²) in [6.07, 6.45) is 2.63. The van der Waals surface area contributed by atoms with Crippen molar-refractivity contribution in [2.45, 2.75) is 40.0 Å². The van der Waals surface area contributed by atoms with Crippen LogP contribution in [0.15, 0.2) is 42.5 Å². The number of carbonyl (C=O) groups is 1. The quantitative estimate of drug-likeness (QED) is 0.690. The third-order valence-corrected chi connectivity index (χ3v) is 3.83. The molecule has 0 amide bonds. The van der Waals surface area contributed by atoms with Gasteiger partial charge in [-0.05, 0) is 35.1 Å². The molecule has 2 aromatic carbocycles. The molecule has 0 aliphatic carbocycles. The first kappa shape index (κ1) is 14.5. The third kappa shape index (κ3) is 2.82. The van der Waals surface area contributed by atoms with Gasteiger partial charge >= 0.3 is 0 Å². The van der Waals surface area contributed by atoms with Crippen molar-refractivity contribution in [2.24, 2.45) is 0 Å². The fraction of sp³-hybridized carbons (Fsp3) is 0.316. The number of hydrogen-bond donors (Lipinski definition) is 0. The Kier molecular flexibility index (Phi) is 4.73. The summed E-state index contributed by atoms with van der Waals surface area (Å²) in [5.41, 5.74) is 5.81. The summed E-state index contributed by atoms with van der Waals surface area (Å²) in [5, 5.41) is 0. The maximum atomic E-state index is 12.1. The van der Waals surface area contributed by atoms with E-state index in [1.54, 1.807) is 0 Å². The monoisotopic (exact) mass is 266 g/mol. The molecular formula is C19H22O. The second-order valence-corrected chi connectivity index (χ2v) is 5.01. The highest BCUT2D eigenvalue weighted by Crippen LogP contribution is 2.27. The number of rotatable bonds is 5. The van der Waals surface area contributed by atoms with Crippen molar-refractivity contribution in [1.82, 2.24) is 0 Å². The molecular weight excluding hydrogens is 244 g/mol. The Morgan fingerprint density at radius 1 is 0.900 bits per heavy atom. The van der Waals surface area contributed by atoms with E-state index in [1.807, 2.05) is 31.2 Å². The molecule has 2 rings (SSSR count). The molecule has 0 atom stereocenters. The minimum Gasteiger partial charge on any atom is -0.294 e. The average molecular weight is 266 g/mol. The molecule has 0 unspecified atom stereocenters. The van der Waals surface area contributed by atoms with E-state index >= 15 is 0 Å². The van der Waals surface area contributed by atoms with Gasteiger partial charge in [-0.1, -0.05) is 63.2 Å². The molecule has 0 saturated heterocycles. The maximum absolute atomic E-state index is 12.1. The first-order chi connectivity index (χ1) is 9.71. The largest absolute Gasteiger partial charge is 0.294 e. The van der Waals surface area contributed by atoms with E-state index in [-0.39, 0.29) is 5.78 Å². The summed E-state index contributed by atoms with van der Waals surface area (Å²) in [5.74, 6) is 0.207. The van der Waals surface area contributed by atoms with Crippen molar-refractivity contribution in [2.75, 3.05) is 0 Å². The molecule has 1 heteroatoms. The van der Waals surface area contributed by atoms with Crippen molar-refractivity contribution in [3.63, 3.8) is 0 Å². The van der Waals surface area contributed by atoms with Crippen molar-refractivity contribution < 1.29 is 4.79 Å². The lowest BCUT2D eigenvalue weighted by molar-refractivity contribution is 0.0989. The van der Waals surface area contributed by atoms with Gasteiger partial charge in [-0.25, -0.2) is 0 Å². The summed E-state index contributed by atoms with van der Waals surface area (Å²) in [4.78, 5) is 12.1. The van der Waals surface area contributed by atoms with Gasteiger partial charge in [0.25, 0.3) is 0 Å². The predicted molar refractivity (Wildman–Crippen MR) is 85.3 cm³/mol. The zero-order valence-electron chi connectivity index (χ0n) is 12.6. The lowest BCUT2D eigenvalue weighted by Gasteiger charge is -2.12. The molecule has 0 spiro atoms. The van der Waals surface area contributed by atoms with Gasteiger partial charge in [0.15, 0.2) is 5.78 Å². The Bertz CT molecular complexity index is 611.